The van der Waals surface area contributed by atoms with Crippen molar-refractivity contribution in [3.63, 3.8) is 0 Å². The number of hydrogen-bond acceptors (Lipinski definition) is 6. The summed E-state index contributed by atoms with van der Waals surface area (Å²) in [5.41, 5.74) is 7.01. The van der Waals surface area contributed by atoms with Crippen LogP contribution in [-0.4, -0.2) is 69.7 Å². The van der Waals surface area contributed by atoms with E-state index in [0.717, 1.165) is 16.5 Å². The lowest BCUT2D eigenvalue weighted by atomic mass is 9.98. The fourth-order valence-corrected chi connectivity index (χ4v) is 3.57. The maximum Gasteiger partial charge on any atom is 0.326 e. The molecule has 1 aromatic heterocycles. The first-order valence-electron chi connectivity index (χ1n) is 11.1. The number of carboxylic acids is 1. The molecular formula is C23H33N5O6. The molecule has 186 valence electrons. The molecule has 0 spiro atoms. The van der Waals surface area contributed by atoms with Crippen molar-refractivity contribution in [3.8, 4) is 0 Å². The number of H-pyrrole nitrogens is 1. The number of aliphatic hydroxyl groups excluding tert-OH is 1. The van der Waals surface area contributed by atoms with Crippen LogP contribution in [0.2, 0.25) is 0 Å². The number of aliphatic hydroxyl groups is 1. The summed E-state index contributed by atoms with van der Waals surface area (Å²) in [6, 6.07) is 3.74. The van der Waals surface area contributed by atoms with E-state index in [9.17, 15) is 29.4 Å². The molecule has 1 aromatic carbocycles. The van der Waals surface area contributed by atoms with E-state index in [1.165, 1.54) is 6.92 Å². The fourth-order valence-electron chi connectivity index (χ4n) is 3.57. The van der Waals surface area contributed by atoms with Crippen LogP contribution in [-0.2, 0) is 25.6 Å². The van der Waals surface area contributed by atoms with Gasteiger partial charge in [0.25, 0.3) is 0 Å². The van der Waals surface area contributed by atoms with Crippen LogP contribution in [0.4, 0.5) is 0 Å². The number of aliphatic carboxylic acids is 1. The van der Waals surface area contributed by atoms with Crippen molar-refractivity contribution in [3.05, 3.63) is 36.0 Å². The van der Waals surface area contributed by atoms with Gasteiger partial charge in [-0.05, 0) is 24.5 Å². The molecule has 0 bridgehead atoms. The van der Waals surface area contributed by atoms with Gasteiger partial charge in [-0.15, -0.1) is 0 Å². The predicted molar refractivity (Wildman–Crippen MR) is 126 cm³/mol. The number of aromatic amines is 1. The number of carbonyl (C=O) groups is 4. The van der Waals surface area contributed by atoms with E-state index in [4.69, 9.17) is 5.73 Å². The van der Waals surface area contributed by atoms with Crippen molar-refractivity contribution in [2.24, 2.45) is 11.7 Å². The third-order valence-electron chi connectivity index (χ3n) is 5.78. The maximum absolute atomic E-state index is 13.1. The predicted octanol–water partition coefficient (Wildman–Crippen LogP) is -0.365. The number of hydrogen-bond donors (Lipinski definition) is 7. The molecule has 34 heavy (non-hydrogen) atoms. The van der Waals surface area contributed by atoms with Crippen LogP contribution >= 0.6 is 0 Å². The Balaban J connectivity index is 2.23. The zero-order chi connectivity index (χ0) is 25.4. The monoisotopic (exact) mass is 475 g/mol. The van der Waals surface area contributed by atoms with Gasteiger partial charge in [-0.3, -0.25) is 14.4 Å². The van der Waals surface area contributed by atoms with Gasteiger partial charge >= 0.3 is 5.97 Å². The molecule has 11 heteroatoms. The quantitative estimate of drug-likeness (QED) is 0.218. The summed E-state index contributed by atoms with van der Waals surface area (Å²) in [4.78, 5) is 52.5. The largest absolute Gasteiger partial charge is 0.480 e. The van der Waals surface area contributed by atoms with Crippen molar-refractivity contribution < 1.29 is 29.4 Å². The minimum absolute atomic E-state index is 0.0976. The number of amides is 3. The molecule has 0 radical (unpaired) electrons. The van der Waals surface area contributed by atoms with E-state index in [0.29, 0.717) is 6.42 Å². The lowest BCUT2D eigenvalue weighted by Crippen LogP contribution is -2.60. The molecule has 1 heterocycles. The second-order valence-electron chi connectivity index (χ2n) is 8.32. The summed E-state index contributed by atoms with van der Waals surface area (Å²) >= 11 is 0. The Morgan fingerprint density at radius 1 is 1.03 bits per heavy atom. The highest BCUT2D eigenvalue weighted by atomic mass is 16.4. The Morgan fingerprint density at radius 2 is 1.68 bits per heavy atom. The summed E-state index contributed by atoms with van der Waals surface area (Å²) in [5.74, 6) is -3.72. The molecule has 0 aliphatic rings. The molecule has 8 N–H and O–H groups in total. The standard InChI is InChI=1S/C23H33N5O6/c1-4-12(2)19(23(33)34)27-22(32)20(13(3)29)28-21(31)17(26-18(30)10-24)9-14-11-25-16-8-6-5-7-15(14)16/h5-8,11-13,17,19-20,25,29H,4,9-10,24H2,1-3H3,(H,26,30)(H,27,32)(H,28,31)(H,33,34). The number of benzene rings is 1. The summed E-state index contributed by atoms with van der Waals surface area (Å²) in [6.45, 7) is 4.43. The lowest BCUT2D eigenvalue weighted by Gasteiger charge is -2.27. The van der Waals surface area contributed by atoms with Gasteiger partial charge in [0.05, 0.1) is 12.6 Å². The van der Waals surface area contributed by atoms with Crippen LogP contribution in [0.3, 0.4) is 0 Å². The van der Waals surface area contributed by atoms with Gasteiger partial charge in [-0.2, -0.15) is 0 Å². The molecule has 5 atom stereocenters. The van der Waals surface area contributed by atoms with Crippen LogP contribution in [0.15, 0.2) is 30.5 Å². The maximum atomic E-state index is 13.1. The summed E-state index contributed by atoms with van der Waals surface area (Å²) < 4.78 is 0. The molecule has 2 aromatic rings. The van der Waals surface area contributed by atoms with Crippen molar-refractivity contribution >= 4 is 34.6 Å². The van der Waals surface area contributed by atoms with E-state index in [2.05, 4.69) is 20.9 Å². The number of carboxylic acid groups (broad SMARTS) is 1. The smallest absolute Gasteiger partial charge is 0.326 e. The van der Waals surface area contributed by atoms with Gasteiger partial charge in [0, 0.05) is 23.5 Å². The third-order valence-corrected chi connectivity index (χ3v) is 5.78. The summed E-state index contributed by atoms with van der Waals surface area (Å²) in [7, 11) is 0. The van der Waals surface area contributed by atoms with Crippen LogP contribution in [0.5, 0.6) is 0 Å². The molecular weight excluding hydrogens is 442 g/mol. The first-order valence-corrected chi connectivity index (χ1v) is 11.1. The van der Waals surface area contributed by atoms with Gasteiger partial charge in [0.15, 0.2) is 0 Å². The number of nitrogens with one attached hydrogen (secondary N) is 4. The van der Waals surface area contributed by atoms with Gasteiger partial charge < -0.3 is 36.9 Å². The number of para-hydroxylation sites is 1. The number of carbonyl (C=O) groups excluding carboxylic acids is 3. The average molecular weight is 476 g/mol. The highest BCUT2D eigenvalue weighted by molar-refractivity contribution is 5.94. The van der Waals surface area contributed by atoms with Crippen molar-refractivity contribution in [1.29, 1.82) is 0 Å². The first kappa shape index (κ1) is 26.8. The molecule has 3 amide bonds. The Bertz CT molecular complexity index is 1020. The molecule has 0 saturated heterocycles. The molecule has 0 saturated carbocycles. The number of aromatic nitrogens is 1. The number of rotatable bonds is 12. The zero-order valence-corrected chi connectivity index (χ0v) is 19.5. The van der Waals surface area contributed by atoms with Crippen molar-refractivity contribution in [1.82, 2.24) is 20.9 Å². The second-order valence-corrected chi connectivity index (χ2v) is 8.32. The Labute approximate surface area is 197 Å². The Hall–Kier alpha value is -3.44. The second kappa shape index (κ2) is 12.1. The first-order chi connectivity index (χ1) is 16.1. The van der Waals surface area contributed by atoms with Gasteiger partial charge in [-0.1, -0.05) is 38.5 Å². The lowest BCUT2D eigenvalue weighted by molar-refractivity contribution is -0.144. The zero-order valence-electron chi connectivity index (χ0n) is 19.5. The minimum Gasteiger partial charge on any atom is -0.480 e. The van der Waals surface area contributed by atoms with Crippen LogP contribution < -0.4 is 21.7 Å². The minimum atomic E-state index is -1.43. The van der Waals surface area contributed by atoms with E-state index in [1.807, 2.05) is 24.3 Å². The highest BCUT2D eigenvalue weighted by Gasteiger charge is 2.33. The Kier molecular flexibility index (Phi) is 9.58. The topological polar surface area (TPSA) is 187 Å². The fraction of sp³-hybridized carbons (Fsp3) is 0.478. The average Bonchev–Trinajstić information content (AvgIpc) is 3.21. The van der Waals surface area contributed by atoms with Crippen LogP contribution in [0.1, 0.15) is 32.8 Å². The number of nitrogens with two attached hydrogens (primary N) is 1. The molecule has 2 rings (SSSR count). The molecule has 0 aliphatic heterocycles. The van der Waals surface area contributed by atoms with Gasteiger partial charge in [0.2, 0.25) is 17.7 Å². The van der Waals surface area contributed by atoms with E-state index in [-0.39, 0.29) is 18.9 Å². The molecule has 0 aliphatic carbocycles. The van der Waals surface area contributed by atoms with Gasteiger partial charge in [0.1, 0.15) is 18.1 Å². The van der Waals surface area contributed by atoms with E-state index >= 15 is 0 Å². The summed E-state index contributed by atoms with van der Waals surface area (Å²) in [5, 5.41) is 27.8. The highest BCUT2D eigenvalue weighted by Crippen LogP contribution is 2.19. The SMILES string of the molecule is CCC(C)C(NC(=O)C(NC(=O)C(Cc1c[nH]c2ccccc12)NC(=O)CN)C(C)O)C(=O)O. The Morgan fingerprint density at radius 3 is 2.26 bits per heavy atom. The van der Waals surface area contributed by atoms with E-state index < -0.39 is 47.9 Å². The summed E-state index contributed by atoms with van der Waals surface area (Å²) in [6.07, 6.45) is 0.998. The number of fused-ring (bicyclic) bond motifs is 1. The molecule has 11 nitrogen and oxygen atoms in total. The van der Waals surface area contributed by atoms with Gasteiger partial charge in [-0.25, -0.2) is 4.79 Å². The van der Waals surface area contributed by atoms with Crippen LogP contribution in [0, 0.1) is 5.92 Å². The van der Waals surface area contributed by atoms with Crippen molar-refractivity contribution in [2.45, 2.75) is 57.8 Å². The van der Waals surface area contributed by atoms with Crippen molar-refractivity contribution in [2.75, 3.05) is 6.54 Å². The van der Waals surface area contributed by atoms with Crippen LogP contribution in [0.25, 0.3) is 10.9 Å². The molecule has 0 fully saturated rings. The third kappa shape index (κ3) is 6.78. The van der Waals surface area contributed by atoms with E-state index in [1.54, 1.807) is 20.0 Å². The normalized spacial score (nSPS) is 15.6. The molecule has 5 unspecified atom stereocenters.